The standard InChI is InChI=1S/C12H26N2O3/c1-10(2)9-14(7-8-17-4)6-5-12(3,13)11(15)16/h10H,5-9,13H2,1-4H3,(H,15,16). The quantitative estimate of drug-likeness (QED) is 0.629. The third-order valence-electron chi connectivity index (χ3n) is 2.67. The number of carboxylic acids is 1. The molecule has 0 radical (unpaired) electrons. The fraction of sp³-hybridized carbons (Fsp3) is 0.917. The summed E-state index contributed by atoms with van der Waals surface area (Å²) in [4.78, 5) is 13.1. The molecule has 0 aliphatic rings. The summed E-state index contributed by atoms with van der Waals surface area (Å²) < 4.78 is 5.04. The van der Waals surface area contributed by atoms with Crippen LogP contribution in [0.15, 0.2) is 0 Å². The van der Waals surface area contributed by atoms with E-state index < -0.39 is 11.5 Å². The molecular weight excluding hydrogens is 220 g/mol. The van der Waals surface area contributed by atoms with Gasteiger partial charge in [-0.2, -0.15) is 0 Å². The highest BCUT2D eigenvalue weighted by molar-refractivity contribution is 5.77. The lowest BCUT2D eigenvalue weighted by Gasteiger charge is -2.27. The molecule has 0 aliphatic heterocycles. The zero-order chi connectivity index (χ0) is 13.5. The molecule has 0 rings (SSSR count). The van der Waals surface area contributed by atoms with Gasteiger partial charge < -0.3 is 20.5 Å². The Kier molecular flexibility index (Phi) is 7.34. The van der Waals surface area contributed by atoms with Crippen molar-refractivity contribution in [2.75, 3.05) is 33.4 Å². The van der Waals surface area contributed by atoms with Crippen LogP contribution in [0.25, 0.3) is 0 Å². The van der Waals surface area contributed by atoms with E-state index in [0.717, 1.165) is 13.1 Å². The van der Waals surface area contributed by atoms with E-state index in [1.807, 2.05) is 0 Å². The van der Waals surface area contributed by atoms with E-state index in [2.05, 4.69) is 18.7 Å². The molecular formula is C12H26N2O3. The number of rotatable bonds is 9. The molecule has 17 heavy (non-hydrogen) atoms. The van der Waals surface area contributed by atoms with Gasteiger partial charge in [-0.1, -0.05) is 13.8 Å². The summed E-state index contributed by atoms with van der Waals surface area (Å²) in [5, 5.41) is 8.94. The monoisotopic (exact) mass is 246 g/mol. The molecule has 0 saturated carbocycles. The van der Waals surface area contributed by atoms with Crippen LogP contribution in [0.2, 0.25) is 0 Å². The van der Waals surface area contributed by atoms with Crippen molar-refractivity contribution in [1.82, 2.24) is 4.90 Å². The maximum absolute atomic E-state index is 10.9. The number of ether oxygens (including phenoxy) is 1. The molecule has 5 heteroatoms. The molecule has 102 valence electrons. The third kappa shape index (κ3) is 7.31. The number of hydrogen-bond acceptors (Lipinski definition) is 4. The first-order valence-electron chi connectivity index (χ1n) is 6.03. The highest BCUT2D eigenvalue weighted by Crippen LogP contribution is 2.08. The van der Waals surface area contributed by atoms with Crippen molar-refractivity contribution in [3.8, 4) is 0 Å². The maximum Gasteiger partial charge on any atom is 0.323 e. The van der Waals surface area contributed by atoms with Crippen LogP contribution in [0.4, 0.5) is 0 Å². The Balaban J connectivity index is 4.19. The van der Waals surface area contributed by atoms with Crippen molar-refractivity contribution in [1.29, 1.82) is 0 Å². The topological polar surface area (TPSA) is 75.8 Å². The molecule has 0 fully saturated rings. The van der Waals surface area contributed by atoms with Crippen LogP contribution in [0.3, 0.4) is 0 Å². The van der Waals surface area contributed by atoms with E-state index in [1.165, 1.54) is 0 Å². The zero-order valence-corrected chi connectivity index (χ0v) is 11.4. The van der Waals surface area contributed by atoms with Crippen LogP contribution in [0, 0.1) is 5.92 Å². The molecule has 0 saturated heterocycles. The van der Waals surface area contributed by atoms with Gasteiger partial charge in [0.05, 0.1) is 6.61 Å². The normalized spacial score (nSPS) is 15.2. The second-order valence-corrected chi connectivity index (χ2v) is 5.16. The molecule has 0 aromatic carbocycles. The largest absolute Gasteiger partial charge is 0.480 e. The molecule has 1 unspecified atom stereocenters. The Labute approximate surface area is 104 Å². The molecule has 0 amide bonds. The van der Waals surface area contributed by atoms with Gasteiger partial charge in [0.25, 0.3) is 0 Å². The summed E-state index contributed by atoms with van der Waals surface area (Å²) in [6, 6.07) is 0. The Hall–Kier alpha value is -0.650. The van der Waals surface area contributed by atoms with Gasteiger partial charge in [-0.25, -0.2) is 0 Å². The Morgan fingerprint density at radius 1 is 1.47 bits per heavy atom. The molecule has 0 heterocycles. The van der Waals surface area contributed by atoms with Crippen molar-refractivity contribution in [2.45, 2.75) is 32.7 Å². The predicted octanol–water partition coefficient (Wildman–Crippen LogP) is 0.783. The van der Waals surface area contributed by atoms with E-state index in [9.17, 15) is 4.79 Å². The second kappa shape index (κ2) is 7.63. The van der Waals surface area contributed by atoms with Gasteiger partial charge in [0, 0.05) is 26.7 Å². The van der Waals surface area contributed by atoms with Crippen LogP contribution in [0.1, 0.15) is 27.2 Å². The van der Waals surface area contributed by atoms with Crippen LogP contribution < -0.4 is 5.73 Å². The number of nitrogens with zero attached hydrogens (tertiary/aromatic N) is 1. The molecule has 0 bridgehead atoms. The number of carbonyl (C=O) groups is 1. The highest BCUT2D eigenvalue weighted by atomic mass is 16.5. The molecule has 0 aromatic heterocycles. The molecule has 1 atom stereocenters. The van der Waals surface area contributed by atoms with Gasteiger partial charge in [-0.05, 0) is 19.3 Å². The van der Waals surface area contributed by atoms with Crippen molar-refractivity contribution in [3.63, 3.8) is 0 Å². The third-order valence-corrected chi connectivity index (χ3v) is 2.67. The van der Waals surface area contributed by atoms with E-state index in [-0.39, 0.29) is 0 Å². The highest BCUT2D eigenvalue weighted by Gasteiger charge is 2.28. The Bertz CT molecular complexity index is 230. The summed E-state index contributed by atoms with van der Waals surface area (Å²) in [5.74, 6) is -0.408. The van der Waals surface area contributed by atoms with Crippen LogP contribution in [-0.2, 0) is 9.53 Å². The van der Waals surface area contributed by atoms with Crippen LogP contribution in [-0.4, -0.2) is 54.9 Å². The van der Waals surface area contributed by atoms with Gasteiger partial charge in [-0.3, -0.25) is 4.79 Å². The summed E-state index contributed by atoms with van der Waals surface area (Å²) in [6.45, 7) is 8.90. The van der Waals surface area contributed by atoms with Crippen LogP contribution in [0.5, 0.6) is 0 Å². The number of nitrogens with two attached hydrogens (primary N) is 1. The molecule has 0 aromatic rings. The lowest BCUT2D eigenvalue weighted by Crippen LogP contribution is -2.48. The van der Waals surface area contributed by atoms with Crippen LogP contribution >= 0.6 is 0 Å². The van der Waals surface area contributed by atoms with Gasteiger partial charge in [0.1, 0.15) is 5.54 Å². The summed E-state index contributed by atoms with van der Waals surface area (Å²) in [7, 11) is 1.66. The Morgan fingerprint density at radius 3 is 2.47 bits per heavy atom. The van der Waals surface area contributed by atoms with E-state index >= 15 is 0 Å². The molecule has 0 spiro atoms. The minimum atomic E-state index is -1.15. The SMILES string of the molecule is COCCN(CCC(C)(N)C(=O)O)CC(C)C. The smallest absolute Gasteiger partial charge is 0.323 e. The number of methoxy groups -OCH3 is 1. The maximum atomic E-state index is 10.9. The number of aliphatic carboxylic acids is 1. The van der Waals surface area contributed by atoms with E-state index in [1.54, 1.807) is 14.0 Å². The minimum absolute atomic E-state index is 0.443. The fourth-order valence-corrected chi connectivity index (χ4v) is 1.53. The average molecular weight is 246 g/mol. The first-order chi connectivity index (χ1) is 7.79. The first-order valence-corrected chi connectivity index (χ1v) is 6.03. The van der Waals surface area contributed by atoms with Crippen molar-refractivity contribution in [3.05, 3.63) is 0 Å². The number of carboxylic acid groups (broad SMARTS) is 1. The summed E-state index contributed by atoms with van der Waals surface area (Å²) >= 11 is 0. The lowest BCUT2D eigenvalue weighted by atomic mass is 9.99. The summed E-state index contributed by atoms with van der Waals surface area (Å²) in [6.07, 6.45) is 0.443. The van der Waals surface area contributed by atoms with E-state index in [4.69, 9.17) is 15.6 Å². The molecule has 0 aliphatic carbocycles. The minimum Gasteiger partial charge on any atom is -0.480 e. The molecule has 5 nitrogen and oxygen atoms in total. The van der Waals surface area contributed by atoms with Gasteiger partial charge in [0.2, 0.25) is 0 Å². The van der Waals surface area contributed by atoms with Gasteiger partial charge in [-0.15, -0.1) is 0 Å². The number of hydrogen-bond donors (Lipinski definition) is 2. The lowest BCUT2D eigenvalue weighted by molar-refractivity contribution is -0.143. The van der Waals surface area contributed by atoms with E-state index in [0.29, 0.717) is 25.5 Å². The summed E-state index contributed by atoms with van der Waals surface area (Å²) in [5.41, 5.74) is 4.56. The predicted molar refractivity (Wildman–Crippen MR) is 68.0 cm³/mol. The average Bonchev–Trinajstić information content (AvgIpc) is 2.21. The first kappa shape index (κ1) is 16.4. The van der Waals surface area contributed by atoms with Gasteiger partial charge in [0.15, 0.2) is 0 Å². The Morgan fingerprint density at radius 2 is 2.06 bits per heavy atom. The van der Waals surface area contributed by atoms with Crippen molar-refractivity contribution < 1.29 is 14.6 Å². The van der Waals surface area contributed by atoms with Crippen molar-refractivity contribution in [2.24, 2.45) is 11.7 Å². The fourth-order valence-electron chi connectivity index (χ4n) is 1.53. The zero-order valence-electron chi connectivity index (χ0n) is 11.4. The van der Waals surface area contributed by atoms with Crippen molar-refractivity contribution >= 4 is 5.97 Å². The second-order valence-electron chi connectivity index (χ2n) is 5.16. The van der Waals surface area contributed by atoms with Gasteiger partial charge >= 0.3 is 5.97 Å². The molecule has 3 N–H and O–H groups in total.